The fourth-order valence-electron chi connectivity index (χ4n) is 2.73. The third-order valence-electron chi connectivity index (χ3n) is 4.31. The Bertz CT molecular complexity index is 1090. The maximum absolute atomic E-state index is 13.1. The van der Waals surface area contributed by atoms with Crippen molar-refractivity contribution in [2.45, 2.75) is 0 Å². The number of anilines is 1. The predicted octanol–water partition coefficient (Wildman–Crippen LogP) is 3.12. The second-order valence-electron chi connectivity index (χ2n) is 6.58. The van der Waals surface area contributed by atoms with Crippen LogP contribution < -0.4 is 16.0 Å². The lowest BCUT2D eigenvalue weighted by Gasteiger charge is -2.09. The highest BCUT2D eigenvalue weighted by molar-refractivity contribution is 5.98. The van der Waals surface area contributed by atoms with Gasteiger partial charge in [0.2, 0.25) is 11.8 Å². The van der Waals surface area contributed by atoms with Gasteiger partial charge in [-0.15, -0.1) is 0 Å². The normalized spacial score (nSPS) is 10.3. The van der Waals surface area contributed by atoms with Crippen LogP contribution in [0.15, 0.2) is 72.8 Å². The number of rotatable bonds is 7. The topological polar surface area (TPSA) is 87.3 Å². The zero-order valence-electron chi connectivity index (χ0n) is 16.3. The zero-order chi connectivity index (χ0) is 22.2. The van der Waals surface area contributed by atoms with Crippen LogP contribution in [-0.4, -0.2) is 30.8 Å². The van der Waals surface area contributed by atoms with E-state index < -0.39 is 29.4 Å². The second-order valence-corrected chi connectivity index (χ2v) is 6.58. The van der Waals surface area contributed by atoms with Crippen LogP contribution in [0.1, 0.15) is 10.4 Å². The van der Waals surface area contributed by atoms with E-state index in [1.807, 2.05) is 42.5 Å². The van der Waals surface area contributed by atoms with Crippen molar-refractivity contribution in [1.82, 2.24) is 10.6 Å². The molecule has 6 nitrogen and oxygen atoms in total. The Hall–Kier alpha value is -4.07. The maximum Gasteiger partial charge on any atom is 0.251 e. The van der Waals surface area contributed by atoms with E-state index in [4.69, 9.17) is 0 Å². The van der Waals surface area contributed by atoms with E-state index in [1.165, 1.54) is 6.07 Å². The van der Waals surface area contributed by atoms with Gasteiger partial charge in [0, 0.05) is 17.3 Å². The summed E-state index contributed by atoms with van der Waals surface area (Å²) in [6.45, 7) is -0.711. The van der Waals surface area contributed by atoms with E-state index in [0.717, 1.165) is 23.3 Å². The van der Waals surface area contributed by atoms with Gasteiger partial charge in [-0.25, -0.2) is 8.78 Å². The van der Waals surface area contributed by atoms with Crippen molar-refractivity contribution in [3.05, 3.63) is 90.0 Å². The smallest absolute Gasteiger partial charge is 0.251 e. The van der Waals surface area contributed by atoms with Gasteiger partial charge >= 0.3 is 0 Å². The summed E-state index contributed by atoms with van der Waals surface area (Å²) in [5.74, 6) is -3.75. The molecule has 0 heterocycles. The van der Waals surface area contributed by atoms with E-state index in [2.05, 4.69) is 16.0 Å². The Morgan fingerprint density at radius 2 is 1.32 bits per heavy atom. The molecule has 3 aromatic rings. The molecule has 31 heavy (non-hydrogen) atoms. The predicted molar refractivity (Wildman–Crippen MR) is 112 cm³/mol. The summed E-state index contributed by atoms with van der Waals surface area (Å²) >= 11 is 0. The van der Waals surface area contributed by atoms with Gasteiger partial charge < -0.3 is 16.0 Å². The Kier molecular flexibility index (Phi) is 7.05. The Labute approximate surface area is 177 Å². The van der Waals surface area contributed by atoms with Gasteiger partial charge in [-0.3, -0.25) is 14.4 Å². The number of hydrogen-bond donors (Lipinski definition) is 3. The summed E-state index contributed by atoms with van der Waals surface area (Å²) in [7, 11) is 0. The molecule has 0 fully saturated rings. The molecule has 0 saturated heterocycles. The van der Waals surface area contributed by atoms with Crippen molar-refractivity contribution < 1.29 is 23.2 Å². The number of nitrogens with one attached hydrogen (secondary N) is 3. The third kappa shape index (κ3) is 6.20. The molecule has 3 N–H and O–H groups in total. The van der Waals surface area contributed by atoms with Crippen LogP contribution in [0, 0.1) is 11.6 Å². The molecule has 0 atom stereocenters. The van der Waals surface area contributed by atoms with Crippen LogP contribution in [0.25, 0.3) is 11.1 Å². The van der Waals surface area contributed by atoms with Gasteiger partial charge in [-0.1, -0.05) is 42.5 Å². The van der Waals surface area contributed by atoms with Crippen LogP contribution in [0.4, 0.5) is 14.5 Å². The van der Waals surface area contributed by atoms with E-state index in [1.54, 1.807) is 12.1 Å². The summed E-state index contributed by atoms with van der Waals surface area (Å²) in [6, 6.07) is 19.5. The molecule has 0 unspecified atom stereocenters. The van der Waals surface area contributed by atoms with E-state index in [-0.39, 0.29) is 18.8 Å². The minimum absolute atomic E-state index is 0.0606. The summed E-state index contributed by atoms with van der Waals surface area (Å²) < 4.78 is 26.0. The molecule has 0 aromatic heterocycles. The molecular weight excluding hydrogens is 404 g/mol. The second kappa shape index (κ2) is 10.1. The van der Waals surface area contributed by atoms with Crippen molar-refractivity contribution in [2.75, 3.05) is 18.4 Å². The highest BCUT2D eigenvalue weighted by atomic mass is 19.2. The quantitative estimate of drug-likeness (QED) is 0.546. The van der Waals surface area contributed by atoms with E-state index in [9.17, 15) is 23.2 Å². The molecule has 0 aliphatic carbocycles. The molecule has 3 amide bonds. The third-order valence-corrected chi connectivity index (χ3v) is 4.31. The molecule has 0 saturated carbocycles. The zero-order valence-corrected chi connectivity index (χ0v) is 16.3. The van der Waals surface area contributed by atoms with Crippen LogP contribution in [-0.2, 0) is 9.59 Å². The number of carbonyl (C=O) groups excluding carboxylic acids is 3. The monoisotopic (exact) mass is 423 g/mol. The molecule has 0 bridgehead atoms. The molecule has 8 heteroatoms. The lowest BCUT2D eigenvalue weighted by atomic mass is 10.0. The molecule has 0 aliphatic rings. The number of halogens is 2. The minimum Gasteiger partial charge on any atom is -0.345 e. The van der Waals surface area contributed by atoms with Crippen LogP contribution >= 0.6 is 0 Å². The van der Waals surface area contributed by atoms with Gasteiger partial charge in [-0.2, -0.15) is 0 Å². The van der Waals surface area contributed by atoms with Crippen LogP contribution in [0.5, 0.6) is 0 Å². The molecule has 0 radical (unpaired) electrons. The van der Waals surface area contributed by atoms with Gasteiger partial charge in [0.25, 0.3) is 5.91 Å². The molecule has 3 rings (SSSR count). The highest BCUT2D eigenvalue weighted by Gasteiger charge is 2.11. The summed E-state index contributed by atoms with van der Waals surface area (Å²) in [5, 5.41) is 7.13. The summed E-state index contributed by atoms with van der Waals surface area (Å²) in [5.41, 5.74) is 2.44. The first-order valence-electron chi connectivity index (χ1n) is 9.37. The first-order chi connectivity index (χ1) is 14.9. The Morgan fingerprint density at radius 3 is 2.00 bits per heavy atom. The minimum atomic E-state index is -1.10. The molecule has 0 spiro atoms. The number of benzene rings is 3. The molecule has 158 valence electrons. The number of carbonyl (C=O) groups is 3. The fourth-order valence-corrected chi connectivity index (χ4v) is 2.73. The Morgan fingerprint density at radius 1 is 0.677 bits per heavy atom. The van der Waals surface area contributed by atoms with E-state index in [0.29, 0.717) is 5.56 Å². The van der Waals surface area contributed by atoms with Crippen molar-refractivity contribution in [3.8, 4) is 11.1 Å². The first-order valence-corrected chi connectivity index (χ1v) is 9.37. The summed E-state index contributed by atoms with van der Waals surface area (Å²) in [4.78, 5) is 35.8. The Balaban J connectivity index is 1.43. The van der Waals surface area contributed by atoms with Gasteiger partial charge in [0.1, 0.15) is 0 Å². The van der Waals surface area contributed by atoms with Crippen molar-refractivity contribution in [1.29, 1.82) is 0 Å². The number of hydrogen-bond acceptors (Lipinski definition) is 3. The SMILES string of the molecule is O=C(CNC(=O)c1ccc(-c2ccccc2)cc1)NCC(=O)Nc1ccc(F)c(F)c1. The molecule has 3 aromatic carbocycles. The van der Waals surface area contributed by atoms with Gasteiger partial charge in [0.15, 0.2) is 11.6 Å². The summed E-state index contributed by atoms with van der Waals surface area (Å²) in [6.07, 6.45) is 0. The van der Waals surface area contributed by atoms with Crippen molar-refractivity contribution in [2.24, 2.45) is 0 Å². The fraction of sp³-hybridized carbons (Fsp3) is 0.0870. The van der Waals surface area contributed by atoms with Crippen LogP contribution in [0.3, 0.4) is 0 Å². The average molecular weight is 423 g/mol. The number of amides is 3. The average Bonchev–Trinajstić information content (AvgIpc) is 2.79. The first kappa shape index (κ1) is 21.6. The van der Waals surface area contributed by atoms with Crippen LogP contribution in [0.2, 0.25) is 0 Å². The lowest BCUT2D eigenvalue weighted by Crippen LogP contribution is -2.40. The molecule has 0 aliphatic heterocycles. The lowest BCUT2D eigenvalue weighted by molar-refractivity contribution is -0.123. The van der Waals surface area contributed by atoms with Gasteiger partial charge in [-0.05, 0) is 35.4 Å². The van der Waals surface area contributed by atoms with Crippen molar-refractivity contribution >= 4 is 23.4 Å². The standard InChI is InChI=1S/C23H19F2N3O3/c24-19-11-10-18(12-20(19)25)28-22(30)14-26-21(29)13-27-23(31)17-8-6-16(7-9-17)15-4-2-1-3-5-15/h1-12H,13-14H2,(H,26,29)(H,27,31)(H,28,30). The van der Waals surface area contributed by atoms with Crippen molar-refractivity contribution in [3.63, 3.8) is 0 Å². The van der Waals surface area contributed by atoms with E-state index >= 15 is 0 Å². The highest BCUT2D eigenvalue weighted by Crippen LogP contribution is 2.19. The maximum atomic E-state index is 13.1. The largest absolute Gasteiger partial charge is 0.345 e. The molecular formula is C23H19F2N3O3. The van der Waals surface area contributed by atoms with Gasteiger partial charge in [0.05, 0.1) is 13.1 Å².